The first kappa shape index (κ1) is 17.2. The number of hydrogen-bond acceptors (Lipinski definition) is 5. The highest BCUT2D eigenvalue weighted by atomic mass is 35.5. The van der Waals surface area contributed by atoms with Crippen molar-refractivity contribution in [1.82, 2.24) is 0 Å². The van der Waals surface area contributed by atoms with E-state index in [4.69, 9.17) is 25.8 Å². The molecule has 0 bridgehead atoms. The number of ether oxygens (including phenoxy) is 3. The van der Waals surface area contributed by atoms with Crippen LogP contribution in [-0.4, -0.2) is 38.2 Å². The molecule has 0 saturated carbocycles. The highest BCUT2D eigenvalue weighted by Crippen LogP contribution is 2.22. The lowest BCUT2D eigenvalue weighted by Crippen LogP contribution is -2.12. The van der Waals surface area contributed by atoms with Crippen molar-refractivity contribution in [2.24, 2.45) is 0 Å². The molecule has 6 heteroatoms. The van der Waals surface area contributed by atoms with E-state index in [2.05, 4.69) is 6.58 Å². The number of benzene rings is 1. The maximum Gasteiger partial charge on any atom is 0.330 e. The van der Waals surface area contributed by atoms with Crippen LogP contribution in [0, 0.1) is 0 Å². The predicted molar refractivity (Wildman–Crippen MR) is 78.9 cm³/mol. The molecule has 0 spiro atoms. The van der Waals surface area contributed by atoms with Gasteiger partial charge in [0.1, 0.15) is 19.0 Å². The van der Waals surface area contributed by atoms with Gasteiger partial charge in [0.05, 0.1) is 18.2 Å². The van der Waals surface area contributed by atoms with Crippen LogP contribution in [0.15, 0.2) is 30.9 Å². The summed E-state index contributed by atoms with van der Waals surface area (Å²) in [6.07, 6.45) is 1.09. The summed E-state index contributed by atoms with van der Waals surface area (Å²) in [7, 11) is 0. The van der Waals surface area contributed by atoms with Crippen LogP contribution in [0.3, 0.4) is 0 Å². The van der Waals surface area contributed by atoms with Crippen LogP contribution >= 0.6 is 11.6 Å². The number of halogens is 1. The average Bonchev–Trinajstić information content (AvgIpc) is 2.45. The molecular weight excluding hydrogens is 296 g/mol. The van der Waals surface area contributed by atoms with Crippen LogP contribution in [0.25, 0.3) is 0 Å². The molecule has 0 unspecified atom stereocenters. The topological polar surface area (TPSA) is 61.8 Å². The molecule has 21 heavy (non-hydrogen) atoms. The summed E-state index contributed by atoms with van der Waals surface area (Å²) in [5.74, 6) is -0.00862. The van der Waals surface area contributed by atoms with Gasteiger partial charge >= 0.3 is 5.97 Å². The number of carbonyl (C=O) groups excluding carboxylic acids is 2. The predicted octanol–water partition coefficient (Wildman–Crippen LogP) is 2.67. The molecule has 1 rings (SSSR count). The molecule has 0 radical (unpaired) electrons. The van der Waals surface area contributed by atoms with Gasteiger partial charge in [-0.25, -0.2) is 4.79 Å². The number of rotatable bonds is 9. The number of esters is 1. The van der Waals surface area contributed by atoms with Gasteiger partial charge in [-0.15, -0.1) is 0 Å². The Morgan fingerprint density at radius 1 is 1.24 bits per heavy atom. The van der Waals surface area contributed by atoms with E-state index < -0.39 is 5.97 Å². The summed E-state index contributed by atoms with van der Waals surface area (Å²) >= 11 is 5.96. The van der Waals surface area contributed by atoms with E-state index in [1.165, 1.54) is 6.92 Å². The maximum absolute atomic E-state index is 11.2. The molecule has 0 fully saturated rings. The van der Waals surface area contributed by atoms with Crippen LogP contribution < -0.4 is 4.74 Å². The normalized spacial score (nSPS) is 10.0. The first-order valence-corrected chi connectivity index (χ1v) is 6.72. The van der Waals surface area contributed by atoms with Crippen molar-refractivity contribution in [3.05, 3.63) is 41.4 Å². The van der Waals surface area contributed by atoms with E-state index >= 15 is 0 Å². The molecule has 0 amide bonds. The van der Waals surface area contributed by atoms with E-state index in [1.807, 2.05) is 0 Å². The van der Waals surface area contributed by atoms with Gasteiger partial charge < -0.3 is 14.2 Å². The third-order valence-corrected chi connectivity index (χ3v) is 2.77. The Morgan fingerprint density at radius 3 is 2.57 bits per heavy atom. The molecule has 1 aromatic carbocycles. The molecule has 0 aliphatic rings. The number of ketones is 1. The van der Waals surface area contributed by atoms with Gasteiger partial charge in [-0.2, -0.15) is 0 Å². The molecule has 0 N–H and O–H groups in total. The highest BCUT2D eigenvalue weighted by molar-refractivity contribution is 6.34. The Kier molecular flexibility index (Phi) is 7.50. The first-order chi connectivity index (χ1) is 10.0. The van der Waals surface area contributed by atoms with Crippen LogP contribution in [0.4, 0.5) is 0 Å². The largest absolute Gasteiger partial charge is 0.491 e. The minimum Gasteiger partial charge on any atom is -0.491 e. The molecule has 0 heterocycles. The van der Waals surface area contributed by atoms with Gasteiger partial charge in [-0.05, 0) is 25.1 Å². The third-order valence-electron chi connectivity index (χ3n) is 2.45. The zero-order valence-electron chi connectivity index (χ0n) is 11.8. The molecular formula is C15H17ClO5. The fraction of sp³-hybridized carbons (Fsp3) is 0.333. The van der Waals surface area contributed by atoms with Crippen molar-refractivity contribution in [1.29, 1.82) is 0 Å². The van der Waals surface area contributed by atoms with E-state index in [1.54, 1.807) is 18.2 Å². The van der Waals surface area contributed by atoms with Crippen molar-refractivity contribution in [2.75, 3.05) is 26.4 Å². The third kappa shape index (κ3) is 6.42. The molecule has 5 nitrogen and oxygen atoms in total. The molecule has 0 atom stereocenters. The van der Waals surface area contributed by atoms with Crippen molar-refractivity contribution in [3.8, 4) is 5.75 Å². The summed E-state index contributed by atoms with van der Waals surface area (Å²) in [5.41, 5.74) is 0.462. The van der Waals surface area contributed by atoms with Gasteiger partial charge in [-0.3, -0.25) is 4.79 Å². The van der Waals surface area contributed by atoms with Crippen molar-refractivity contribution in [3.63, 3.8) is 0 Å². The monoisotopic (exact) mass is 312 g/mol. The van der Waals surface area contributed by atoms with Gasteiger partial charge in [0.25, 0.3) is 0 Å². The Balaban J connectivity index is 2.21. The second kappa shape index (κ2) is 9.15. The molecule has 1 aromatic rings. The first-order valence-electron chi connectivity index (χ1n) is 6.35. The van der Waals surface area contributed by atoms with Crippen LogP contribution in [0.2, 0.25) is 5.02 Å². The summed E-state index contributed by atoms with van der Waals surface area (Å²) < 4.78 is 15.4. The minimum absolute atomic E-state index is 0.0936. The summed E-state index contributed by atoms with van der Waals surface area (Å²) in [4.78, 5) is 22.0. The molecule has 114 valence electrons. The Hall–Kier alpha value is -1.85. The zero-order chi connectivity index (χ0) is 15.7. The maximum atomic E-state index is 11.2. The average molecular weight is 313 g/mol. The standard InChI is InChI=1S/C15H17ClO5/c1-3-15(18)21-9-7-19-6-8-20-12-4-5-13(11(2)17)14(16)10-12/h3-5,10H,1,6-9H2,2H3. The van der Waals surface area contributed by atoms with Crippen molar-refractivity contribution >= 4 is 23.4 Å². The number of Topliss-reactive ketones (excluding diaryl/α,β-unsaturated/α-hetero) is 1. The SMILES string of the molecule is C=CC(=O)OCCOCCOc1ccc(C(C)=O)c(Cl)c1. The quantitative estimate of drug-likeness (QED) is 0.304. The number of hydrogen-bond donors (Lipinski definition) is 0. The van der Waals surface area contributed by atoms with Gasteiger partial charge in [-0.1, -0.05) is 18.2 Å². The number of carbonyl (C=O) groups is 2. The van der Waals surface area contributed by atoms with Crippen molar-refractivity contribution < 1.29 is 23.8 Å². The Bertz CT molecular complexity index is 513. The van der Waals surface area contributed by atoms with E-state index in [0.29, 0.717) is 29.5 Å². The fourth-order valence-corrected chi connectivity index (χ4v) is 1.76. The minimum atomic E-state index is -0.477. The summed E-state index contributed by atoms with van der Waals surface area (Å²) in [6.45, 7) is 5.86. The second-order valence-corrected chi connectivity index (χ2v) is 4.44. The molecule has 0 aromatic heterocycles. The molecule has 0 aliphatic carbocycles. The van der Waals surface area contributed by atoms with Crippen LogP contribution in [0.5, 0.6) is 5.75 Å². The summed E-state index contributed by atoms with van der Waals surface area (Å²) in [5, 5.41) is 0.359. The fourth-order valence-electron chi connectivity index (χ4n) is 1.45. The molecule has 0 saturated heterocycles. The van der Waals surface area contributed by atoms with E-state index in [0.717, 1.165) is 6.08 Å². The van der Waals surface area contributed by atoms with Crippen LogP contribution in [-0.2, 0) is 14.3 Å². The van der Waals surface area contributed by atoms with E-state index in [9.17, 15) is 9.59 Å². The highest BCUT2D eigenvalue weighted by Gasteiger charge is 2.06. The summed E-state index contributed by atoms with van der Waals surface area (Å²) in [6, 6.07) is 4.88. The van der Waals surface area contributed by atoms with Gasteiger partial charge in [0.15, 0.2) is 5.78 Å². The Morgan fingerprint density at radius 2 is 1.95 bits per heavy atom. The lowest BCUT2D eigenvalue weighted by Gasteiger charge is -2.08. The second-order valence-electron chi connectivity index (χ2n) is 4.03. The van der Waals surface area contributed by atoms with Gasteiger partial charge in [0.2, 0.25) is 0 Å². The lowest BCUT2D eigenvalue weighted by molar-refractivity contribution is -0.139. The van der Waals surface area contributed by atoms with Crippen molar-refractivity contribution in [2.45, 2.75) is 6.92 Å². The van der Waals surface area contributed by atoms with Crippen LogP contribution in [0.1, 0.15) is 17.3 Å². The zero-order valence-corrected chi connectivity index (χ0v) is 12.5. The Labute approximate surface area is 128 Å². The smallest absolute Gasteiger partial charge is 0.330 e. The van der Waals surface area contributed by atoms with E-state index in [-0.39, 0.29) is 19.0 Å². The lowest BCUT2D eigenvalue weighted by atomic mass is 10.1. The molecule has 0 aliphatic heterocycles. The van der Waals surface area contributed by atoms with Gasteiger partial charge in [0, 0.05) is 11.6 Å².